The zero-order valence-corrected chi connectivity index (χ0v) is 7.79. The van der Waals surface area contributed by atoms with E-state index in [9.17, 15) is 0 Å². The SMILES string of the molecule is N[C@H]1CCOc2cc3cc[nH]c3cc21. The molecule has 0 saturated carbocycles. The van der Waals surface area contributed by atoms with E-state index < -0.39 is 0 Å². The number of rotatable bonds is 0. The van der Waals surface area contributed by atoms with Gasteiger partial charge in [0.2, 0.25) is 0 Å². The number of aromatic amines is 1. The molecular weight excluding hydrogens is 176 g/mol. The van der Waals surface area contributed by atoms with Gasteiger partial charge >= 0.3 is 0 Å². The third-order valence-electron chi connectivity index (χ3n) is 2.77. The quantitative estimate of drug-likeness (QED) is 0.664. The van der Waals surface area contributed by atoms with Gasteiger partial charge in [0.05, 0.1) is 6.61 Å². The monoisotopic (exact) mass is 188 g/mol. The summed E-state index contributed by atoms with van der Waals surface area (Å²) in [5, 5.41) is 1.18. The van der Waals surface area contributed by atoms with E-state index >= 15 is 0 Å². The van der Waals surface area contributed by atoms with Crippen LogP contribution in [0.2, 0.25) is 0 Å². The predicted octanol–water partition coefficient (Wildman–Crippen LogP) is 1.95. The van der Waals surface area contributed by atoms with Gasteiger partial charge in [0.15, 0.2) is 0 Å². The van der Waals surface area contributed by atoms with Crippen molar-refractivity contribution in [3.05, 3.63) is 30.0 Å². The summed E-state index contributed by atoms with van der Waals surface area (Å²) in [5.41, 5.74) is 8.26. The molecule has 0 radical (unpaired) electrons. The van der Waals surface area contributed by atoms with Gasteiger partial charge in [-0.3, -0.25) is 0 Å². The van der Waals surface area contributed by atoms with Gasteiger partial charge in [-0.25, -0.2) is 0 Å². The first-order chi connectivity index (χ1) is 6.84. The van der Waals surface area contributed by atoms with Crippen LogP contribution in [0.3, 0.4) is 0 Å². The van der Waals surface area contributed by atoms with Gasteiger partial charge in [-0.15, -0.1) is 0 Å². The number of H-pyrrole nitrogens is 1. The fourth-order valence-electron chi connectivity index (χ4n) is 1.96. The third kappa shape index (κ3) is 1.02. The van der Waals surface area contributed by atoms with Crippen LogP contribution >= 0.6 is 0 Å². The van der Waals surface area contributed by atoms with Crippen LogP contribution in [-0.4, -0.2) is 11.6 Å². The molecule has 1 aliphatic heterocycles. The summed E-state index contributed by atoms with van der Waals surface area (Å²) in [4.78, 5) is 3.18. The maximum absolute atomic E-state index is 6.01. The maximum Gasteiger partial charge on any atom is 0.124 e. The van der Waals surface area contributed by atoms with Crippen LogP contribution < -0.4 is 10.5 Å². The van der Waals surface area contributed by atoms with Crippen molar-refractivity contribution >= 4 is 10.9 Å². The highest BCUT2D eigenvalue weighted by Crippen LogP contribution is 2.33. The normalized spacial score (nSPS) is 20.5. The van der Waals surface area contributed by atoms with E-state index in [0.29, 0.717) is 0 Å². The summed E-state index contributed by atoms with van der Waals surface area (Å²) in [6.45, 7) is 0.726. The van der Waals surface area contributed by atoms with Gasteiger partial charge in [0.1, 0.15) is 5.75 Å². The largest absolute Gasteiger partial charge is 0.493 e. The van der Waals surface area contributed by atoms with Crippen LogP contribution in [-0.2, 0) is 0 Å². The molecule has 72 valence electrons. The van der Waals surface area contributed by atoms with Crippen LogP contribution in [0.5, 0.6) is 5.75 Å². The van der Waals surface area contributed by atoms with Crippen LogP contribution in [0, 0.1) is 0 Å². The minimum absolute atomic E-state index is 0.117. The van der Waals surface area contributed by atoms with Crippen LogP contribution in [0.25, 0.3) is 10.9 Å². The molecule has 0 aliphatic carbocycles. The highest BCUT2D eigenvalue weighted by atomic mass is 16.5. The lowest BCUT2D eigenvalue weighted by Crippen LogP contribution is -2.20. The summed E-state index contributed by atoms with van der Waals surface area (Å²) < 4.78 is 5.58. The smallest absolute Gasteiger partial charge is 0.124 e. The number of hydrogen-bond donors (Lipinski definition) is 2. The summed E-state index contributed by atoms with van der Waals surface area (Å²) >= 11 is 0. The Morgan fingerprint density at radius 1 is 1.43 bits per heavy atom. The Labute approximate surface area is 81.9 Å². The van der Waals surface area contributed by atoms with Crippen molar-refractivity contribution in [2.24, 2.45) is 5.73 Å². The van der Waals surface area contributed by atoms with Crippen molar-refractivity contribution in [3.63, 3.8) is 0 Å². The molecule has 0 saturated heterocycles. The lowest BCUT2D eigenvalue weighted by Gasteiger charge is -2.22. The summed E-state index contributed by atoms with van der Waals surface area (Å²) in [6.07, 6.45) is 2.83. The minimum Gasteiger partial charge on any atom is -0.493 e. The zero-order valence-electron chi connectivity index (χ0n) is 7.79. The van der Waals surface area contributed by atoms with Crippen LogP contribution in [0.1, 0.15) is 18.0 Å². The van der Waals surface area contributed by atoms with Crippen molar-refractivity contribution in [1.29, 1.82) is 0 Å². The second-order valence-corrected chi connectivity index (χ2v) is 3.70. The molecule has 0 spiro atoms. The molecule has 0 amide bonds. The van der Waals surface area contributed by atoms with Gasteiger partial charge < -0.3 is 15.5 Å². The highest BCUT2D eigenvalue weighted by molar-refractivity contribution is 5.82. The molecule has 2 aromatic rings. The second-order valence-electron chi connectivity index (χ2n) is 3.70. The van der Waals surface area contributed by atoms with Crippen molar-refractivity contribution in [1.82, 2.24) is 4.98 Å². The molecule has 2 heterocycles. The van der Waals surface area contributed by atoms with E-state index in [1.54, 1.807) is 0 Å². The van der Waals surface area contributed by atoms with Gasteiger partial charge in [-0.2, -0.15) is 0 Å². The molecule has 0 fully saturated rings. The molecular formula is C11H12N2O. The molecule has 0 bridgehead atoms. The van der Waals surface area contributed by atoms with Crippen molar-refractivity contribution in [3.8, 4) is 5.75 Å². The summed E-state index contributed by atoms with van der Waals surface area (Å²) in [7, 11) is 0. The molecule has 1 atom stereocenters. The highest BCUT2D eigenvalue weighted by Gasteiger charge is 2.18. The predicted molar refractivity (Wildman–Crippen MR) is 55.3 cm³/mol. The zero-order chi connectivity index (χ0) is 9.54. The lowest BCUT2D eigenvalue weighted by atomic mass is 10.0. The summed E-state index contributed by atoms with van der Waals surface area (Å²) in [6, 6.07) is 6.31. The van der Waals surface area contributed by atoms with Crippen LogP contribution in [0.4, 0.5) is 0 Å². The number of aromatic nitrogens is 1. The molecule has 14 heavy (non-hydrogen) atoms. The van der Waals surface area contributed by atoms with E-state index in [4.69, 9.17) is 10.5 Å². The number of fused-ring (bicyclic) bond motifs is 2. The van der Waals surface area contributed by atoms with Crippen molar-refractivity contribution in [2.75, 3.05) is 6.61 Å². The van der Waals surface area contributed by atoms with Crippen molar-refractivity contribution < 1.29 is 4.74 Å². The molecule has 3 nitrogen and oxygen atoms in total. The molecule has 3 rings (SSSR count). The second kappa shape index (κ2) is 2.75. The van der Waals surface area contributed by atoms with Crippen LogP contribution in [0.15, 0.2) is 24.4 Å². The Morgan fingerprint density at radius 3 is 3.29 bits per heavy atom. The first kappa shape index (κ1) is 7.88. The first-order valence-electron chi connectivity index (χ1n) is 4.84. The van der Waals surface area contributed by atoms with Gasteiger partial charge in [-0.1, -0.05) is 0 Å². The fraction of sp³-hybridized carbons (Fsp3) is 0.273. The van der Waals surface area contributed by atoms with E-state index in [-0.39, 0.29) is 6.04 Å². The number of hydrogen-bond acceptors (Lipinski definition) is 2. The van der Waals surface area contributed by atoms with E-state index in [2.05, 4.69) is 17.1 Å². The fourth-order valence-corrected chi connectivity index (χ4v) is 1.96. The standard InChI is InChI=1S/C11H12N2O/c12-9-2-4-14-11-5-7-1-3-13-10(7)6-8(9)11/h1,3,5-6,9,13H,2,4,12H2/t9-/m0/s1. The number of ether oxygens (including phenoxy) is 1. The average molecular weight is 188 g/mol. The minimum atomic E-state index is 0.117. The topological polar surface area (TPSA) is 51.0 Å². The van der Waals surface area contributed by atoms with Gasteiger partial charge in [0.25, 0.3) is 0 Å². The number of nitrogens with two attached hydrogens (primary N) is 1. The Balaban J connectivity index is 2.27. The lowest BCUT2D eigenvalue weighted by molar-refractivity contribution is 0.269. The van der Waals surface area contributed by atoms with E-state index in [1.165, 1.54) is 5.39 Å². The molecule has 0 unspecified atom stereocenters. The number of nitrogens with one attached hydrogen (secondary N) is 1. The average Bonchev–Trinajstić information content (AvgIpc) is 2.62. The Kier molecular flexibility index (Phi) is 1.55. The van der Waals surface area contributed by atoms with E-state index in [0.717, 1.165) is 29.9 Å². The molecule has 1 aromatic carbocycles. The van der Waals surface area contributed by atoms with E-state index in [1.807, 2.05) is 12.3 Å². The molecule has 3 heteroatoms. The first-order valence-corrected chi connectivity index (χ1v) is 4.84. The molecule has 3 N–H and O–H groups in total. The number of benzene rings is 1. The third-order valence-corrected chi connectivity index (χ3v) is 2.77. The Hall–Kier alpha value is -1.48. The Morgan fingerprint density at radius 2 is 2.36 bits per heavy atom. The summed E-state index contributed by atoms with van der Waals surface area (Å²) in [5.74, 6) is 0.941. The molecule has 1 aromatic heterocycles. The van der Waals surface area contributed by atoms with Crippen molar-refractivity contribution in [2.45, 2.75) is 12.5 Å². The molecule has 1 aliphatic rings. The maximum atomic E-state index is 6.01. The van der Waals surface area contributed by atoms with Gasteiger partial charge in [-0.05, 0) is 18.2 Å². The van der Waals surface area contributed by atoms with Gasteiger partial charge in [0, 0.05) is 35.1 Å². The Bertz CT molecular complexity index is 475.